The number of hydrogen-bond donors (Lipinski definition) is 1. The largest absolute Gasteiger partial charge is 0.497 e. The normalized spacial score (nSPS) is 10.2. The zero-order valence-electron chi connectivity index (χ0n) is 9.89. The topological polar surface area (TPSA) is 29.5 Å². The first-order valence-electron chi connectivity index (χ1n) is 5.64. The lowest BCUT2D eigenvalue weighted by Gasteiger charge is -2.07. The standard InChI is InChI=1S/C15H16O2/c1-17-15-8-6-12(7-9-15)10-13-4-2-3-5-14(13)11-16/h2-9,16H,10-11H2,1H3. The highest BCUT2D eigenvalue weighted by atomic mass is 16.5. The summed E-state index contributed by atoms with van der Waals surface area (Å²) in [6.45, 7) is 0.0896. The molecule has 2 aromatic carbocycles. The maximum absolute atomic E-state index is 9.26. The van der Waals surface area contributed by atoms with Crippen molar-refractivity contribution in [3.05, 3.63) is 65.2 Å². The van der Waals surface area contributed by atoms with Crippen LogP contribution in [0.3, 0.4) is 0 Å². The van der Waals surface area contributed by atoms with Crippen molar-refractivity contribution < 1.29 is 9.84 Å². The van der Waals surface area contributed by atoms with Gasteiger partial charge in [0.05, 0.1) is 13.7 Å². The summed E-state index contributed by atoms with van der Waals surface area (Å²) < 4.78 is 5.12. The molecule has 2 aromatic rings. The Labute approximate surface area is 101 Å². The van der Waals surface area contributed by atoms with Crippen molar-refractivity contribution in [3.8, 4) is 5.75 Å². The van der Waals surface area contributed by atoms with Crippen LogP contribution in [0.15, 0.2) is 48.5 Å². The van der Waals surface area contributed by atoms with Gasteiger partial charge in [0.2, 0.25) is 0 Å². The quantitative estimate of drug-likeness (QED) is 0.872. The molecule has 0 fully saturated rings. The summed E-state index contributed by atoms with van der Waals surface area (Å²) in [7, 11) is 1.66. The predicted octanol–water partition coefficient (Wildman–Crippen LogP) is 2.78. The minimum Gasteiger partial charge on any atom is -0.497 e. The van der Waals surface area contributed by atoms with Gasteiger partial charge in [-0.05, 0) is 35.2 Å². The molecule has 0 spiro atoms. The lowest BCUT2D eigenvalue weighted by molar-refractivity contribution is 0.281. The molecule has 0 saturated carbocycles. The summed E-state index contributed by atoms with van der Waals surface area (Å²) in [6.07, 6.45) is 0.834. The summed E-state index contributed by atoms with van der Waals surface area (Å²) in [5, 5.41) is 9.26. The van der Waals surface area contributed by atoms with Crippen LogP contribution in [0.2, 0.25) is 0 Å². The summed E-state index contributed by atoms with van der Waals surface area (Å²) in [5.41, 5.74) is 3.37. The minimum absolute atomic E-state index is 0.0896. The fourth-order valence-corrected chi connectivity index (χ4v) is 1.85. The zero-order chi connectivity index (χ0) is 12.1. The Morgan fingerprint density at radius 2 is 1.59 bits per heavy atom. The molecule has 88 valence electrons. The Hall–Kier alpha value is -1.80. The van der Waals surface area contributed by atoms with E-state index < -0.39 is 0 Å². The lowest BCUT2D eigenvalue weighted by Crippen LogP contribution is -1.95. The maximum Gasteiger partial charge on any atom is 0.118 e. The Balaban J connectivity index is 2.19. The third kappa shape index (κ3) is 2.86. The van der Waals surface area contributed by atoms with Crippen molar-refractivity contribution >= 4 is 0 Å². The second kappa shape index (κ2) is 5.51. The van der Waals surface area contributed by atoms with E-state index in [1.54, 1.807) is 7.11 Å². The van der Waals surface area contributed by atoms with Crippen molar-refractivity contribution in [1.29, 1.82) is 0 Å². The molecule has 0 aliphatic heterocycles. The summed E-state index contributed by atoms with van der Waals surface area (Å²) >= 11 is 0. The average Bonchev–Trinajstić information content (AvgIpc) is 2.40. The minimum atomic E-state index is 0.0896. The SMILES string of the molecule is COc1ccc(Cc2ccccc2CO)cc1. The molecule has 0 atom stereocenters. The Kier molecular flexibility index (Phi) is 3.78. The number of hydrogen-bond acceptors (Lipinski definition) is 2. The second-order valence-corrected chi connectivity index (χ2v) is 3.95. The molecular formula is C15H16O2. The molecule has 0 saturated heterocycles. The van der Waals surface area contributed by atoms with Crippen molar-refractivity contribution in [1.82, 2.24) is 0 Å². The summed E-state index contributed by atoms with van der Waals surface area (Å²) in [5.74, 6) is 0.865. The summed E-state index contributed by atoms with van der Waals surface area (Å²) in [6, 6.07) is 16.0. The van der Waals surface area contributed by atoms with Gasteiger partial charge in [-0.1, -0.05) is 36.4 Å². The van der Waals surface area contributed by atoms with Gasteiger partial charge >= 0.3 is 0 Å². The molecule has 2 rings (SSSR count). The molecule has 0 radical (unpaired) electrons. The van der Waals surface area contributed by atoms with E-state index in [4.69, 9.17) is 4.74 Å². The molecule has 0 aliphatic carbocycles. The first-order chi connectivity index (χ1) is 8.33. The highest BCUT2D eigenvalue weighted by Crippen LogP contribution is 2.17. The van der Waals surface area contributed by atoms with Crippen molar-refractivity contribution in [2.75, 3.05) is 7.11 Å². The molecule has 0 heterocycles. The van der Waals surface area contributed by atoms with E-state index >= 15 is 0 Å². The number of methoxy groups -OCH3 is 1. The van der Waals surface area contributed by atoms with Gasteiger partial charge in [-0.25, -0.2) is 0 Å². The Morgan fingerprint density at radius 3 is 2.18 bits per heavy atom. The van der Waals surface area contributed by atoms with Gasteiger partial charge in [-0.15, -0.1) is 0 Å². The smallest absolute Gasteiger partial charge is 0.118 e. The van der Waals surface area contributed by atoms with Gasteiger partial charge in [0.15, 0.2) is 0 Å². The Bertz CT molecular complexity index is 475. The first-order valence-corrected chi connectivity index (χ1v) is 5.64. The average molecular weight is 228 g/mol. The third-order valence-electron chi connectivity index (χ3n) is 2.84. The molecule has 0 aromatic heterocycles. The van der Waals surface area contributed by atoms with Gasteiger partial charge in [-0.2, -0.15) is 0 Å². The first kappa shape index (κ1) is 11.7. The lowest BCUT2D eigenvalue weighted by atomic mass is 10.0. The highest BCUT2D eigenvalue weighted by molar-refractivity contribution is 5.34. The monoisotopic (exact) mass is 228 g/mol. The van der Waals surface area contributed by atoms with Crippen LogP contribution in [-0.4, -0.2) is 12.2 Å². The van der Waals surface area contributed by atoms with Crippen LogP contribution in [0.5, 0.6) is 5.75 Å². The van der Waals surface area contributed by atoms with E-state index in [0.29, 0.717) is 0 Å². The molecule has 2 nitrogen and oxygen atoms in total. The van der Waals surface area contributed by atoms with Crippen molar-refractivity contribution in [2.45, 2.75) is 13.0 Å². The van der Waals surface area contributed by atoms with E-state index in [-0.39, 0.29) is 6.61 Å². The van der Waals surface area contributed by atoms with Gasteiger partial charge in [0, 0.05) is 0 Å². The van der Waals surface area contributed by atoms with E-state index in [2.05, 4.69) is 6.07 Å². The second-order valence-electron chi connectivity index (χ2n) is 3.95. The fourth-order valence-electron chi connectivity index (χ4n) is 1.85. The molecule has 0 unspecified atom stereocenters. The molecule has 0 amide bonds. The number of aliphatic hydroxyl groups is 1. The molecule has 17 heavy (non-hydrogen) atoms. The van der Waals surface area contributed by atoms with Gasteiger partial charge < -0.3 is 9.84 Å². The molecule has 1 N–H and O–H groups in total. The number of aliphatic hydroxyl groups excluding tert-OH is 1. The van der Waals surface area contributed by atoms with Crippen LogP contribution in [0.4, 0.5) is 0 Å². The highest BCUT2D eigenvalue weighted by Gasteiger charge is 2.02. The van der Waals surface area contributed by atoms with E-state index in [1.165, 1.54) is 11.1 Å². The van der Waals surface area contributed by atoms with E-state index in [9.17, 15) is 5.11 Å². The van der Waals surface area contributed by atoms with Crippen LogP contribution >= 0.6 is 0 Å². The van der Waals surface area contributed by atoms with Gasteiger partial charge in [-0.3, -0.25) is 0 Å². The molecule has 0 aliphatic rings. The predicted molar refractivity (Wildman–Crippen MR) is 68.2 cm³/mol. The third-order valence-corrected chi connectivity index (χ3v) is 2.84. The van der Waals surface area contributed by atoms with Gasteiger partial charge in [0.25, 0.3) is 0 Å². The molecule has 0 bridgehead atoms. The van der Waals surface area contributed by atoms with Crippen molar-refractivity contribution in [3.63, 3.8) is 0 Å². The number of rotatable bonds is 4. The summed E-state index contributed by atoms with van der Waals surface area (Å²) in [4.78, 5) is 0. The van der Waals surface area contributed by atoms with Gasteiger partial charge in [0.1, 0.15) is 5.75 Å². The number of benzene rings is 2. The molecular weight excluding hydrogens is 212 g/mol. The van der Waals surface area contributed by atoms with Crippen molar-refractivity contribution in [2.24, 2.45) is 0 Å². The van der Waals surface area contributed by atoms with Crippen LogP contribution in [-0.2, 0) is 13.0 Å². The van der Waals surface area contributed by atoms with Crippen LogP contribution < -0.4 is 4.74 Å². The molecule has 2 heteroatoms. The fraction of sp³-hybridized carbons (Fsp3) is 0.200. The Morgan fingerprint density at radius 1 is 0.941 bits per heavy atom. The maximum atomic E-state index is 9.26. The van der Waals surface area contributed by atoms with E-state index in [1.807, 2.05) is 42.5 Å². The van der Waals surface area contributed by atoms with Crippen LogP contribution in [0.1, 0.15) is 16.7 Å². The van der Waals surface area contributed by atoms with Crippen LogP contribution in [0, 0.1) is 0 Å². The zero-order valence-corrected chi connectivity index (χ0v) is 9.89. The van der Waals surface area contributed by atoms with Crippen LogP contribution in [0.25, 0.3) is 0 Å². The number of ether oxygens (including phenoxy) is 1. The van der Waals surface area contributed by atoms with E-state index in [0.717, 1.165) is 17.7 Å².